The van der Waals surface area contributed by atoms with Crippen molar-refractivity contribution >= 4 is 46.7 Å². The van der Waals surface area contributed by atoms with Crippen LogP contribution >= 0.6 is 23.2 Å². The number of halogens is 2. The molecule has 0 bridgehead atoms. The third-order valence-corrected chi connectivity index (χ3v) is 4.14. The van der Waals surface area contributed by atoms with Crippen LogP contribution in [0.2, 0.25) is 10.0 Å². The summed E-state index contributed by atoms with van der Waals surface area (Å²) in [6.07, 6.45) is 1.83. The number of rotatable bonds is 4. The molecule has 22 heavy (non-hydrogen) atoms. The molecule has 0 aromatic heterocycles. The number of hydrogen-bond donors (Lipinski definition) is 1. The Kier molecular flexibility index (Phi) is 3.97. The minimum Gasteiger partial charge on any atom is -0.323 e. The SMILES string of the molecule is O=C(CN1C(=O)CN(C2CC2)C1=O)Nc1cc(Cl)ccc1Cl. The minimum absolute atomic E-state index is 0.0503. The lowest BCUT2D eigenvalue weighted by Gasteiger charge is -2.16. The number of benzene rings is 1. The van der Waals surface area contributed by atoms with Crippen molar-refractivity contribution < 1.29 is 14.4 Å². The summed E-state index contributed by atoms with van der Waals surface area (Å²) >= 11 is 11.8. The van der Waals surface area contributed by atoms with Crippen LogP contribution < -0.4 is 5.32 Å². The van der Waals surface area contributed by atoms with E-state index in [1.165, 1.54) is 11.0 Å². The zero-order valence-electron chi connectivity index (χ0n) is 11.5. The number of nitrogens with zero attached hydrogens (tertiary/aromatic N) is 2. The second kappa shape index (κ2) is 5.78. The van der Waals surface area contributed by atoms with Crippen LogP contribution in [0.25, 0.3) is 0 Å². The number of nitrogens with one attached hydrogen (secondary N) is 1. The van der Waals surface area contributed by atoms with E-state index in [2.05, 4.69) is 5.32 Å². The molecular weight excluding hydrogens is 329 g/mol. The van der Waals surface area contributed by atoms with Crippen LogP contribution in [-0.2, 0) is 9.59 Å². The molecule has 6 nitrogen and oxygen atoms in total. The smallest absolute Gasteiger partial charge is 0.323 e. The summed E-state index contributed by atoms with van der Waals surface area (Å²) in [5, 5.41) is 3.31. The summed E-state index contributed by atoms with van der Waals surface area (Å²) in [7, 11) is 0. The Labute approximate surface area is 136 Å². The summed E-state index contributed by atoms with van der Waals surface area (Å²) < 4.78 is 0. The molecule has 1 saturated carbocycles. The second-order valence-corrected chi connectivity index (χ2v) is 6.14. The Bertz CT molecular complexity index is 661. The van der Waals surface area contributed by atoms with E-state index in [9.17, 15) is 14.4 Å². The van der Waals surface area contributed by atoms with Crippen molar-refractivity contribution in [1.29, 1.82) is 0 Å². The molecule has 1 heterocycles. The van der Waals surface area contributed by atoms with Crippen molar-refractivity contribution in [2.45, 2.75) is 18.9 Å². The first kappa shape index (κ1) is 15.1. The number of hydrogen-bond acceptors (Lipinski definition) is 3. The average molecular weight is 342 g/mol. The molecule has 3 rings (SSSR count). The lowest BCUT2D eigenvalue weighted by atomic mass is 10.3. The maximum absolute atomic E-state index is 12.1. The first-order valence-corrected chi connectivity index (χ1v) is 7.57. The minimum atomic E-state index is -0.497. The molecule has 8 heteroatoms. The van der Waals surface area contributed by atoms with Gasteiger partial charge in [0.2, 0.25) is 5.91 Å². The normalized spacial score (nSPS) is 18.1. The molecule has 1 aliphatic heterocycles. The summed E-state index contributed by atoms with van der Waals surface area (Å²) in [5.41, 5.74) is 0.345. The standard InChI is InChI=1S/C14H13Cl2N3O3/c15-8-1-4-10(16)11(5-8)17-12(20)6-19-13(21)7-18(14(19)22)9-2-3-9/h1,4-5,9H,2-3,6-7H2,(H,17,20). The molecule has 0 radical (unpaired) electrons. The van der Waals surface area contributed by atoms with Gasteiger partial charge < -0.3 is 10.2 Å². The third kappa shape index (κ3) is 3.03. The lowest BCUT2D eigenvalue weighted by molar-refractivity contribution is -0.129. The Balaban J connectivity index is 1.65. The average Bonchev–Trinajstić information content (AvgIpc) is 3.26. The fraction of sp³-hybridized carbons (Fsp3) is 0.357. The highest BCUT2D eigenvalue weighted by Crippen LogP contribution is 2.30. The molecule has 0 atom stereocenters. The summed E-state index contributed by atoms with van der Waals surface area (Å²) in [4.78, 5) is 38.5. The first-order chi connectivity index (χ1) is 10.5. The van der Waals surface area contributed by atoms with Crippen molar-refractivity contribution in [2.75, 3.05) is 18.4 Å². The van der Waals surface area contributed by atoms with Gasteiger partial charge in [-0.1, -0.05) is 23.2 Å². The largest absolute Gasteiger partial charge is 0.327 e. The number of carbonyl (C=O) groups is 3. The topological polar surface area (TPSA) is 69.7 Å². The van der Waals surface area contributed by atoms with Crippen LogP contribution in [0.1, 0.15) is 12.8 Å². The van der Waals surface area contributed by atoms with Gasteiger partial charge in [-0.25, -0.2) is 4.79 Å². The van der Waals surface area contributed by atoms with Crippen LogP contribution in [-0.4, -0.2) is 46.8 Å². The number of anilines is 1. The van der Waals surface area contributed by atoms with Gasteiger partial charge in [0, 0.05) is 11.1 Å². The third-order valence-electron chi connectivity index (χ3n) is 3.58. The highest BCUT2D eigenvalue weighted by Gasteiger charge is 2.44. The maximum atomic E-state index is 12.1. The predicted octanol–water partition coefficient (Wildman–Crippen LogP) is 2.36. The Morgan fingerprint density at radius 3 is 2.68 bits per heavy atom. The number of carbonyl (C=O) groups excluding carboxylic acids is 3. The van der Waals surface area contributed by atoms with E-state index in [1.807, 2.05) is 0 Å². The van der Waals surface area contributed by atoms with E-state index < -0.39 is 11.9 Å². The molecule has 0 spiro atoms. The van der Waals surface area contributed by atoms with Gasteiger partial charge in [0.05, 0.1) is 10.7 Å². The molecule has 116 valence electrons. The molecule has 1 aromatic rings. The van der Waals surface area contributed by atoms with Gasteiger partial charge in [0.25, 0.3) is 5.91 Å². The Morgan fingerprint density at radius 2 is 2.00 bits per heavy atom. The van der Waals surface area contributed by atoms with Crippen molar-refractivity contribution in [1.82, 2.24) is 9.80 Å². The molecule has 0 unspecified atom stereocenters. The van der Waals surface area contributed by atoms with Crippen molar-refractivity contribution in [3.05, 3.63) is 28.2 Å². The highest BCUT2D eigenvalue weighted by atomic mass is 35.5. The molecular formula is C14H13Cl2N3O3. The first-order valence-electron chi connectivity index (χ1n) is 6.81. The quantitative estimate of drug-likeness (QED) is 0.854. The van der Waals surface area contributed by atoms with Crippen LogP contribution in [0.15, 0.2) is 18.2 Å². The molecule has 1 N–H and O–H groups in total. The molecule has 4 amide bonds. The summed E-state index contributed by atoms with van der Waals surface area (Å²) in [6, 6.07) is 4.40. The number of imide groups is 1. The van der Waals surface area contributed by atoms with E-state index in [-0.39, 0.29) is 25.0 Å². The van der Waals surface area contributed by atoms with Crippen LogP contribution in [0.4, 0.5) is 10.5 Å². The Morgan fingerprint density at radius 1 is 1.27 bits per heavy atom. The van der Waals surface area contributed by atoms with Gasteiger partial charge in [0.15, 0.2) is 0 Å². The molecule has 1 saturated heterocycles. The van der Waals surface area contributed by atoms with E-state index >= 15 is 0 Å². The summed E-state index contributed by atoms with van der Waals surface area (Å²) in [5.74, 6) is -0.854. The molecule has 2 fully saturated rings. The molecule has 1 aromatic carbocycles. The summed E-state index contributed by atoms with van der Waals surface area (Å²) in [6.45, 7) is -0.279. The highest BCUT2D eigenvalue weighted by molar-refractivity contribution is 6.35. The molecule has 1 aliphatic carbocycles. The van der Waals surface area contributed by atoms with Crippen molar-refractivity contribution in [3.63, 3.8) is 0 Å². The maximum Gasteiger partial charge on any atom is 0.327 e. The molecule has 2 aliphatic rings. The van der Waals surface area contributed by atoms with Crippen molar-refractivity contribution in [3.8, 4) is 0 Å². The number of amides is 4. The Hall–Kier alpha value is -1.79. The van der Waals surface area contributed by atoms with E-state index in [0.717, 1.165) is 17.7 Å². The van der Waals surface area contributed by atoms with Crippen LogP contribution in [0.5, 0.6) is 0 Å². The predicted molar refractivity (Wildman–Crippen MR) is 81.9 cm³/mol. The number of urea groups is 1. The van der Waals surface area contributed by atoms with E-state index in [1.54, 1.807) is 12.1 Å². The van der Waals surface area contributed by atoms with E-state index in [4.69, 9.17) is 23.2 Å². The van der Waals surface area contributed by atoms with Gasteiger partial charge in [0.1, 0.15) is 13.1 Å². The van der Waals surface area contributed by atoms with Gasteiger partial charge in [-0.05, 0) is 31.0 Å². The van der Waals surface area contributed by atoms with Gasteiger partial charge in [-0.3, -0.25) is 14.5 Å². The monoisotopic (exact) mass is 341 g/mol. The van der Waals surface area contributed by atoms with Crippen LogP contribution in [0, 0.1) is 0 Å². The zero-order chi connectivity index (χ0) is 15.9. The van der Waals surface area contributed by atoms with Crippen molar-refractivity contribution in [2.24, 2.45) is 0 Å². The van der Waals surface area contributed by atoms with Gasteiger partial charge in [-0.15, -0.1) is 0 Å². The van der Waals surface area contributed by atoms with Crippen LogP contribution in [0.3, 0.4) is 0 Å². The lowest BCUT2D eigenvalue weighted by Crippen LogP contribution is -2.39. The zero-order valence-corrected chi connectivity index (χ0v) is 13.0. The second-order valence-electron chi connectivity index (χ2n) is 5.29. The fourth-order valence-corrected chi connectivity index (χ4v) is 2.65. The van der Waals surface area contributed by atoms with Gasteiger partial charge in [-0.2, -0.15) is 0 Å². The van der Waals surface area contributed by atoms with Gasteiger partial charge >= 0.3 is 6.03 Å². The fourth-order valence-electron chi connectivity index (χ4n) is 2.31. The van der Waals surface area contributed by atoms with E-state index in [0.29, 0.717) is 15.7 Å².